The number of aromatic amines is 1. The van der Waals surface area contributed by atoms with E-state index in [1.165, 1.54) is 11.6 Å². The lowest BCUT2D eigenvalue weighted by atomic mass is 10.1. The smallest absolute Gasteiger partial charge is 0.333 e. The zero-order valence-corrected chi connectivity index (χ0v) is 18.5. The highest BCUT2D eigenvalue weighted by Crippen LogP contribution is 2.19. The van der Waals surface area contributed by atoms with Crippen molar-refractivity contribution in [3.8, 4) is 0 Å². The Morgan fingerprint density at radius 1 is 1.03 bits per heavy atom. The van der Waals surface area contributed by atoms with E-state index in [1.54, 1.807) is 17.9 Å². The molecule has 5 rings (SSSR count). The van der Waals surface area contributed by atoms with Gasteiger partial charge in [0.05, 0.1) is 17.6 Å². The van der Waals surface area contributed by atoms with Crippen molar-refractivity contribution >= 4 is 22.2 Å². The molecule has 0 amide bonds. The van der Waals surface area contributed by atoms with Crippen LogP contribution in [0.2, 0.25) is 0 Å². The van der Waals surface area contributed by atoms with Crippen molar-refractivity contribution in [2.24, 2.45) is 14.1 Å². The molecule has 3 heterocycles. The number of imidazole rings is 2. The molecule has 1 atom stereocenters. The van der Waals surface area contributed by atoms with Crippen LogP contribution in [0.15, 0.2) is 70.5 Å². The number of para-hydroxylation sites is 2. The second kappa shape index (κ2) is 8.18. The molecular formula is C24H25N6O3+. The summed E-state index contributed by atoms with van der Waals surface area (Å²) in [7, 11) is 3.06. The molecule has 168 valence electrons. The third kappa shape index (κ3) is 3.66. The number of nitrogens with zero attached hydrogens (tertiary/aromatic N) is 5. The van der Waals surface area contributed by atoms with Crippen molar-refractivity contribution in [2.75, 3.05) is 0 Å². The van der Waals surface area contributed by atoms with Gasteiger partial charge in [0.15, 0.2) is 0 Å². The Morgan fingerprint density at radius 3 is 2.55 bits per heavy atom. The summed E-state index contributed by atoms with van der Waals surface area (Å²) in [5, 5.41) is 11.0. The summed E-state index contributed by atoms with van der Waals surface area (Å²) >= 11 is 0. The maximum atomic E-state index is 12.7. The molecule has 9 heteroatoms. The summed E-state index contributed by atoms with van der Waals surface area (Å²) in [5.74, 6) is 0.865. The lowest BCUT2D eigenvalue weighted by Gasteiger charge is -2.14. The Balaban J connectivity index is 1.49. The van der Waals surface area contributed by atoms with E-state index in [4.69, 9.17) is 4.98 Å². The van der Waals surface area contributed by atoms with Crippen molar-refractivity contribution in [3.05, 3.63) is 93.2 Å². The van der Waals surface area contributed by atoms with Gasteiger partial charge in [-0.25, -0.2) is 19.3 Å². The Labute approximate surface area is 188 Å². The molecule has 0 saturated carbocycles. The lowest BCUT2D eigenvalue weighted by molar-refractivity contribution is -0.679. The summed E-state index contributed by atoms with van der Waals surface area (Å²) in [4.78, 5) is 32.7. The van der Waals surface area contributed by atoms with Gasteiger partial charge < -0.3 is 9.67 Å². The quantitative estimate of drug-likeness (QED) is 0.379. The summed E-state index contributed by atoms with van der Waals surface area (Å²) < 4.78 is 6.16. The molecule has 1 unspecified atom stereocenters. The van der Waals surface area contributed by atoms with Crippen LogP contribution >= 0.6 is 0 Å². The predicted octanol–water partition coefficient (Wildman–Crippen LogP) is 0.854. The number of nitrogens with one attached hydrogen (secondary N) is 1. The van der Waals surface area contributed by atoms with Gasteiger partial charge in [-0.2, -0.15) is 0 Å². The summed E-state index contributed by atoms with van der Waals surface area (Å²) in [6.45, 7) is 0.499. The van der Waals surface area contributed by atoms with Gasteiger partial charge in [0.2, 0.25) is 6.33 Å². The van der Waals surface area contributed by atoms with Crippen LogP contribution in [0.5, 0.6) is 0 Å². The first-order chi connectivity index (χ1) is 15.9. The average Bonchev–Trinajstić information content (AvgIpc) is 3.38. The van der Waals surface area contributed by atoms with Crippen LogP contribution in [0.4, 0.5) is 0 Å². The third-order valence-corrected chi connectivity index (χ3v) is 6.02. The van der Waals surface area contributed by atoms with Gasteiger partial charge in [-0.05, 0) is 17.7 Å². The van der Waals surface area contributed by atoms with Crippen LogP contribution in [0.3, 0.4) is 0 Å². The minimum Gasteiger partial charge on any atom is -0.387 e. The summed E-state index contributed by atoms with van der Waals surface area (Å²) in [6, 6.07) is 18.0. The Hall–Kier alpha value is -3.98. The summed E-state index contributed by atoms with van der Waals surface area (Å²) in [5.41, 5.74) is 2.92. The number of hydrogen-bond donors (Lipinski definition) is 2. The zero-order valence-electron chi connectivity index (χ0n) is 18.5. The first-order valence-corrected chi connectivity index (χ1v) is 10.8. The molecule has 0 fully saturated rings. The van der Waals surface area contributed by atoms with E-state index in [-0.39, 0.29) is 6.54 Å². The fraction of sp³-hybridized carbons (Fsp3) is 0.250. The maximum Gasteiger partial charge on any atom is 0.333 e. The van der Waals surface area contributed by atoms with E-state index < -0.39 is 17.4 Å². The van der Waals surface area contributed by atoms with E-state index in [0.717, 1.165) is 27.0 Å². The maximum absolute atomic E-state index is 12.7. The molecule has 0 saturated heterocycles. The van der Waals surface area contributed by atoms with Crippen molar-refractivity contribution < 1.29 is 9.67 Å². The van der Waals surface area contributed by atoms with E-state index >= 15 is 0 Å². The molecule has 0 aliphatic heterocycles. The molecule has 5 aromatic rings. The number of H-pyrrole nitrogens is 1. The van der Waals surface area contributed by atoms with Crippen LogP contribution < -0.4 is 15.8 Å². The van der Waals surface area contributed by atoms with Crippen LogP contribution in [0, 0.1) is 0 Å². The van der Waals surface area contributed by atoms with Crippen LogP contribution in [-0.2, 0) is 33.6 Å². The third-order valence-electron chi connectivity index (χ3n) is 6.02. The number of rotatable bonds is 6. The molecule has 0 spiro atoms. The molecule has 3 aromatic heterocycles. The van der Waals surface area contributed by atoms with Crippen molar-refractivity contribution in [1.82, 2.24) is 23.7 Å². The molecule has 0 radical (unpaired) electrons. The zero-order chi connectivity index (χ0) is 23.1. The number of hydrogen-bond acceptors (Lipinski definition) is 4. The molecule has 2 aromatic carbocycles. The first kappa shape index (κ1) is 20.9. The normalized spacial score (nSPS) is 12.6. The molecular weight excluding hydrogens is 420 g/mol. The fourth-order valence-corrected chi connectivity index (χ4v) is 4.34. The number of aliphatic hydroxyl groups excluding tert-OH is 1. The van der Waals surface area contributed by atoms with Gasteiger partial charge in [0.25, 0.3) is 11.2 Å². The number of aliphatic hydroxyl groups is 1. The van der Waals surface area contributed by atoms with Crippen molar-refractivity contribution in [3.63, 3.8) is 0 Å². The highest BCUT2D eigenvalue weighted by Gasteiger charge is 2.23. The fourth-order valence-electron chi connectivity index (χ4n) is 4.34. The van der Waals surface area contributed by atoms with E-state index in [2.05, 4.69) is 17.1 Å². The van der Waals surface area contributed by atoms with Gasteiger partial charge in [0.1, 0.15) is 18.5 Å². The molecule has 0 aliphatic rings. The lowest BCUT2D eigenvalue weighted by Crippen LogP contribution is -2.46. The predicted molar refractivity (Wildman–Crippen MR) is 124 cm³/mol. The molecule has 0 aliphatic carbocycles. The molecule has 0 bridgehead atoms. The SMILES string of the molecule is Cn1c(=O)c2c([nH]c[n+]2CC(O)Cn2c(Cc3ccccc3)nc3ccccc32)n(C)c1=O. The number of fused-ring (bicyclic) bond motifs is 2. The van der Waals surface area contributed by atoms with Gasteiger partial charge in [0, 0.05) is 20.5 Å². The molecule has 9 nitrogen and oxygen atoms in total. The van der Waals surface area contributed by atoms with Gasteiger partial charge >= 0.3 is 11.2 Å². The number of aryl methyl sites for hydroxylation is 1. The van der Waals surface area contributed by atoms with Gasteiger partial charge in [-0.3, -0.25) is 13.9 Å². The first-order valence-electron chi connectivity index (χ1n) is 10.8. The second-order valence-corrected chi connectivity index (χ2v) is 8.27. The van der Waals surface area contributed by atoms with Gasteiger partial charge in [-0.1, -0.05) is 42.5 Å². The minimum absolute atomic E-state index is 0.185. The number of aromatic nitrogens is 6. The van der Waals surface area contributed by atoms with E-state index in [1.807, 2.05) is 47.0 Å². The van der Waals surface area contributed by atoms with Crippen LogP contribution in [0.1, 0.15) is 11.4 Å². The van der Waals surface area contributed by atoms with Crippen LogP contribution in [0.25, 0.3) is 22.2 Å². The highest BCUT2D eigenvalue weighted by molar-refractivity contribution is 5.76. The average molecular weight is 446 g/mol. The Kier molecular flexibility index (Phi) is 5.18. The van der Waals surface area contributed by atoms with Crippen molar-refractivity contribution in [1.29, 1.82) is 0 Å². The van der Waals surface area contributed by atoms with E-state index in [0.29, 0.717) is 24.1 Å². The second-order valence-electron chi connectivity index (χ2n) is 8.27. The molecule has 2 N–H and O–H groups in total. The van der Waals surface area contributed by atoms with Crippen molar-refractivity contribution in [2.45, 2.75) is 25.6 Å². The standard InChI is InChI=1S/C24H24N6O3/c1-27-22-21(23(32)28(2)24(27)33)29(15-25-22)13-17(31)14-30-19-11-7-6-10-18(19)26-20(30)12-16-8-4-3-5-9-16/h3-11,15,17,31H,12-14H2,1-2H3/p+1. The largest absolute Gasteiger partial charge is 0.387 e. The van der Waals surface area contributed by atoms with E-state index in [9.17, 15) is 14.7 Å². The topological polar surface area (TPSA) is 102 Å². The highest BCUT2D eigenvalue weighted by atomic mass is 16.3. The molecule has 33 heavy (non-hydrogen) atoms. The Morgan fingerprint density at radius 2 is 1.76 bits per heavy atom. The monoisotopic (exact) mass is 445 g/mol. The Bertz CT molecular complexity index is 1580. The van der Waals surface area contributed by atoms with Crippen LogP contribution in [-0.4, -0.2) is 34.9 Å². The number of benzene rings is 2. The summed E-state index contributed by atoms with van der Waals surface area (Å²) in [6.07, 6.45) is 1.47. The minimum atomic E-state index is -0.789. The van der Waals surface area contributed by atoms with Gasteiger partial charge in [-0.15, -0.1) is 0 Å².